The quantitative estimate of drug-likeness (QED) is 0.648. The number of hydrogen-bond donors (Lipinski definition) is 0. The molecule has 78 valence electrons. The van der Waals surface area contributed by atoms with E-state index >= 15 is 0 Å². The van der Waals surface area contributed by atoms with Crippen LogP contribution < -0.4 is 9.64 Å². The van der Waals surface area contributed by atoms with Crippen molar-refractivity contribution >= 4 is 17.9 Å². The van der Waals surface area contributed by atoms with Gasteiger partial charge in [-0.2, -0.15) is 0 Å². The van der Waals surface area contributed by atoms with Gasteiger partial charge in [-0.15, -0.1) is 0 Å². The Kier molecular flexibility index (Phi) is 2.19. The zero-order chi connectivity index (χ0) is 11.0. The van der Waals surface area contributed by atoms with Crippen molar-refractivity contribution < 1.29 is 14.3 Å². The van der Waals surface area contributed by atoms with E-state index in [1.54, 1.807) is 32.2 Å². The van der Waals surface area contributed by atoms with Crippen molar-refractivity contribution in [2.24, 2.45) is 0 Å². The second-order valence-electron chi connectivity index (χ2n) is 3.50. The van der Waals surface area contributed by atoms with E-state index in [1.165, 1.54) is 4.90 Å². The van der Waals surface area contributed by atoms with Crippen LogP contribution in [0.15, 0.2) is 18.2 Å². The Bertz CT molecular complexity index is 428. The first kappa shape index (κ1) is 9.71. The first-order valence-corrected chi connectivity index (χ1v) is 4.67. The largest absolute Gasteiger partial charge is 0.479 e. The number of rotatable bonds is 1. The van der Waals surface area contributed by atoms with Crippen molar-refractivity contribution in [3.63, 3.8) is 0 Å². The summed E-state index contributed by atoms with van der Waals surface area (Å²) in [7, 11) is 1.70. The lowest BCUT2D eigenvalue weighted by atomic mass is 10.1. The number of benzene rings is 1. The molecule has 0 fully saturated rings. The highest BCUT2D eigenvalue weighted by atomic mass is 16.5. The van der Waals surface area contributed by atoms with Crippen molar-refractivity contribution in [1.29, 1.82) is 0 Å². The van der Waals surface area contributed by atoms with E-state index in [1.807, 2.05) is 0 Å². The minimum Gasteiger partial charge on any atom is -0.479 e. The lowest BCUT2D eigenvalue weighted by molar-refractivity contribution is -0.125. The molecular weight excluding hydrogens is 194 g/mol. The molecule has 0 saturated heterocycles. The van der Waals surface area contributed by atoms with Gasteiger partial charge in [0.15, 0.2) is 6.10 Å². The zero-order valence-electron chi connectivity index (χ0n) is 8.56. The maximum atomic E-state index is 11.6. The molecule has 1 atom stereocenters. The predicted molar refractivity (Wildman–Crippen MR) is 55.3 cm³/mol. The highest BCUT2D eigenvalue weighted by Crippen LogP contribution is 2.33. The molecule has 0 aliphatic carbocycles. The number of carbonyl (C=O) groups excluding carboxylic acids is 2. The van der Waals surface area contributed by atoms with Crippen LogP contribution in [0.2, 0.25) is 0 Å². The summed E-state index contributed by atoms with van der Waals surface area (Å²) in [4.78, 5) is 23.7. The first-order chi connectivity index (χ1) is 7.13. The topological polar surface area (TPSA) is 46.6 Å². The molecule has 0 bridgehead atoms. The third-order valence-corrected chi connectivity index (χ3v) is 2.46. The molecule has 1 aromatic rings. The SMILES string of the molecule is CC1Oc2cc(C=O)ccc2N(C)C1=O. The monoisotopic (exact) mass is 205 g/mol. The van der Waals surface area contributed by atoms with Gasteiger partial charge in [-0.25, -0.2) is 0 Å². The van der Waals surface area contributed by atoms with Gasteiger partial charge in [-0.05, 0) is 25.1 Å². The molecule has 1 aromatic carbocycles. The number of ether oxygens (including phenoxy) is 1. The Hall–Kier alpha value is -1.84. The lowest BCUT2D eigenvalue weighted by Crippen LogP contribution is -2.41. The third kappa shape index (κ3) is 1.48. The maximum absolute atomic E-state index is 11.6. The zero-order valence-corrected chi connectivity index (χ0v) is 8.56. The normalized spacial score (nSPS) is 19.5. The van der Waals surface area contributed by atoms with Crippen LogP contribution >= 0.6 is 0 Å². The lowest BCUT2D eigenvalue weighted by Gasteiger charge is -2.30. The van der Waals surface area contributed by atoms with Crippen LogP contribution in [-0.4, -0.2) is 25.3 Å². The van der Waals surface area contributed by atoms with Crippen LogP contribution in [0.5, 0.6) is 5.75 Å². The summed E-state index contributed by atoms with van der Waals surface area (Å²) in [6.07, 6.45) is 0.259. The minimum absolute atomic E-state index is 0.0821. The molecule has 15 heavy (non-hydrogen) atoms. The van der Waals surface area contributed by atoms with Crippen LogP contribution in [0.4, 0.5) is 5.69 Å². The second-order valence-corrected chi connectivity index (χ2v) is 3.50. The summed E-state index contributed by atoms with van der Waals surface area (Å²) < 4.78 is 5.41. The van der Waals surface area contributed by atoms with Crippen LogP contribution in [0.25, 0.3) is 0 Å². The van der Waals surface area contributed by atoms with Gasteiger partial charge in [0.05, 0.1) is 5.69 Å². The summed E-state index contributed by atoms with van der Waals surface area (Å²) in [6, 6.07) is 5.01. The van der Waals surface area contributed by atoms with Gasteiger partial charge in [-0.3, -0.25) is 9.59 Å². The molecule has 1 aliphatic rings. The fourth-order valence-electron chi connectivity index (χ4n) is 1.61. The molecule has 1 aliphatic heterocycles. The number of amides is 1. The van der Waals surface area contributed by atoms with E-state index in [-0.39, 0.29) is 5.91 Å². The summed E-state index contributed by atoms with van der Waals surface area (Å²) in [5.74, 6) is 0.496. The molecule has 0 radical (unpaired) electrons. The Morgan fingerprint density at radius 3 is 2.87 bits per heavy atom. The Labute approximate surface area is 87.4 Å². The van der Waals surface area contributed by atoms with E-state index in [4.69, 9.17) is 4.74 Å². The van der Waals surface area contributed by atoms with Gasteiger partial charge >= 0.3 is 0 Å². The van der Waals surface area contributed by atoms with E-state index < -0.39 is 6.10 Å². The average molecular weight is 205 g/mol. The van der Waals surface area contributed by atoms with Crippen molar-refractivity contribution in [1.82, 2.24) is 0 Å². The molecule has 1 amide bonds. The second kappa shape index (κ2) is 3.38. The Balaban J connectivity index is 2.50. The van der Waals surface area contributed by atoms with Gasteiger partial charge < -0.3 is 9.64 Å². The first-order valence-electron chi connectivity index (χ1n) is 4.67. The van der Waals surface area contributed by atoms with Crippen LogP contribution in [-0.2, 0) is 4.79 Å². The number of nitrogens with zero attached hydrogens (tertiary/aromatic N) is 1. The fourth-order valence-corrected chi connectivity index (χ4v) is 1.61. The van der Waals surface area contributed by atoms with Crippen molar-refractivity contribution in [2.75, 3.05) is 11.9 Å². The van der Waals surface area contributed by atoms with Gasteiger partial charge in [0.25, 0.3) is 5.91 Å². The summed E-state index contributed by atoms with van der Waals surface area (Å²) in [5, 5.41) is 0. The molecule has 0 aromatic heterocycles. The molecule has 4 heteroatoms. The van der Waals surface area contributed by atoms with Crippen molar-refractivity contribution in [2.45, 2.75) is 13.0 Å². The van der Waals surface area contributed by atoms with E-state index in [2.05, 4.69) is 0 Å². The average Bonchev–Trinajstić information content (AvgIpc) is 2.25. The molecule has 1 unspecified atom stereocenters. The Morgan fingerprint density at radius 1 is 1.47 bits per heavy atom. The van der Waals surface area contributed by atoms with E-state index in [9.17, 15) is 9.59 Å². The number of likely N-dealkylation sites (N-methyl/N-ethyl adjacent to an activating group) is 1. The van der Waals surface area contributed by atoms with Gasteiger partial charge in [0.2, 0.25) is 0 Å². The molecular formula is C11H11NO3. The smallest absolute Gasteiger partial charge is 0.267 e. The van der Waals surface area contributed by atoms with Gasteiger partial charge in [0.1, 0.15) is 12.0 Å². The van der Waals surface area contributed by atoms with Crippen LogP contribution in [0.1, 0.15) is 17.3 Å². The highest BCUT2D eigenvalue weighted by molar-refractivity contribution is 5.99. The molecule has 0 spiro atoms. The highest BCUT2D eigenvalue weighted by Gasteiger charge is 2.28. The van der Waals surface area contributed by atoms with Gasteiger partial charge in [0, 0.05) is 12.6 Å². The Morgan fingerprint density at radius 2 is 2.20 bits per heavy atom. The number of hydrogen-bond acceptors (Lipinski definition) is 3. The summed E-state index contributed by atoms with van der Waals surface area (Å²) in [5.41, 5.74) is 1.24. The van der Waals surface area contributed by atoms with Crippen molar-refractivity contribution in [3.8, 4) is 5.75 Å². The van der Waals surface area contributed by atoms with Crippen molar-refractivity contribution in [3.05, 3.63) is 23.8 Å². The maximum Gasteiger partial charge on any atom is 0.267 e. The molecule has 0 saturated carbocycles. The third-order valence-electron chi connectivity index (χ3n) is 2.46. The summed E-state index contributed by atoms with van der Waals surface area (Å²) >= 11 is 0. The van der Waals surface area contributed by atoms with Crippen LogP contribution in [0, 0.1) is 0 Å². The molecule has 2 rings (SSSR count). The molecule has 4 nitrogen and oxygen atoms in total. The molecule has 1 heterocycles. The minimum atomic E-state index is -0.496. The fraction of sp³-hybridized carbons (Fsp3) is 0.273. The van der Waals surface area contributed by atoms with E-state index in [0.29, 0.717) is 17.0 Å². The van der Waals surface area contributed by atoms with Crippen LogP contribution in [0.3, 0.4) is 0 Å². The standard InChI is InChI=1S/C11H11NO3/c1-7-11(14)12(2)9-4-3-8(6-13)5-10(9)15-7/h3-7H,1-2H3. The predicted octanol–water partition coefficient (Wildman–Crippen LogP) is 1.24. The van der Waals surface area contributed by atoms with E-state index in [0.717, 1.165) is 6.29 Å². The number of carbonyl (C=O) groups is 2. The number of anilines is 1. The van der Waals surface area contributed by atoms with Gasteiger partial charge in [-0.1, -0.05) is 0 Å². The number of fused-ring (bicyclic) bond motifs is 1. The molecule has 0 N–H and O–H groups in total. The summed E-state index contributed by atoms with van der Waals surface area (Å²) in [6.45, 7) is 1.69. The number of aldehydes is 1.